The van der Waals surface area contributed by atoms with Crippen molar-refractivity contribution in [3.63, 3.8) is 0 Å². The summed E-state index contributed by atoms with van der Waals surface area (Å²) in [5, 5.41) is 16.6. The van der Waals surface area contributed by atoms with Crippen molar-refractivity contribution in [2.45, 2.75) is 20.0 Å². The maximum absolute atomic E-state index is 8.93. The second kappa shape index (κ2) is 6.37. The van der Waals surface area contributed by atoms with Crippen molar-refractivity contribution in [3.8, 4) is 11.8 Å². The van der Waals surface area contributed by atoms with Crippen LogP contribution in [0, 0.1) is 18.3 Å². The van der Waals surface area contributed by atoms with Gasteiger partial charge >= 0.3 is 0 Å². The smallest absolute Gasteiger partial charge is 0.123 e. The van der Waals surface area contributed by atoms with Gasteiger partial charge in [-0.15, -0.1) is 0 Å². The number of aryl methyl sites for hydroxylation is 1. The van der Waals surface area contributed by atoms with Crippen LogP contribution in [-0.2, 0) is 13.1 Å². The van der Waals surface area contributed by atoms with Crippen LogP contribution in [0.3, 0.4) is 0 Å². The van der Waals surface area contributed by atoms with Gasteiger partial charge in [0.05, 0.1) is 18.7 Å². The summed E-state index contributed by atoms with van der Waals surface area (Å²) in [6.45, 7) is 3.63. The zero-order valence-electron chi connectivity index (χ0n) is 11.1. The minimum Gasteiger partial charge on any atom is -0.496 e. The lowest BCUT2D eigenvalue weighted by Gasteiger charge is -2.10. The second-order valence-corrected chi connectivity index (χ2v) is 5.07. The summed E-state index contributed by atoms with van der Waals surface area (Å²) in [5.74, 6) is 0.813. The van der Waals surface area contributed by atoms with Crippen LogP contribution in [-0.4, -0.2) is 7.11 Å². The Bertz CT molecular complexity index is 598. The van der Waals surface area contributed by atoms with Gasteiger partial charge < -0.3 is 10.1 Å². The van der Waals surface area contributed by atoms with Gasteiger partial charge in [0.25, 0.3) is 0 Å². The lowest BCUT2D eigenvalue weighted by atomic mass is 10.1. The number of benzene rings is 1. The number of nitrogens with zero attached hydrogens (tertiary/aromatic N) is 1. The molecule has 0 fully saturated rings. The molecule has 0 atom stereocenters. The van der Waals surface area contributed by atoms with Crippen LogP contribution < -0.4 is 10.1 Å². The fourth-order valence-corrected chi connectivity index (χ4v) is 2.74. The summed E-state index contributed by atoms with van der Waals surface area (Å²) < 4.78 is 5.31. The molecule has 0 aliphatic rings. The Kier molecular flexibility index (Phi) is 4.56. The summed E-state index contributed by atoms with van der Waals surface area (Å²) in [6.07, 6.45) is 0. The molecular formula is C15H16N2OS. The van der Waals surface area contributed by atoms with Crippen LogP contribution in [0.25, 0.3) is 0 Å². The Morgan fingerprint density at radius 1 is 1.26 bits per heavy atom. The summed E-state index contributed by atoms with van der Waals surface area (Å²) in [6, 6.07) is 7.63. The fraction of sp³-hybridized carbons (Fsp3) is 0.267. The maximum atomic E-state index is 8.93. The number of nitriles is 1. The number of hydrogen-bond donors (Lipinski definition) is 1. The summed E-state index contributed by atoms with van der Waals surface area (Å²) in [5.41, 5.74) is 4.30. The highest BCUT2D eigenvalue weighted by Crippen LogP contribution is 2.20. The lowest BCUT2D eigenvalue weighted by Crippen LogP contribution is -2.13. The van der Waals surface area contributed by atoms with Gasteiger partial charge in [0.2, 0.25) is 0 Å². The quantitative estimate of drug-likeness (QED) is 0.909. The van der Waals surface area contributed by atoms with Gasteiger partial charge in [-0.05, 0) is 47.0 Å². The van der Waals surface area contributed by atoms with Crippen molar-refractivity contribution in [1.29, 1.82) is 5.26 Å². The van der Waals surface area contributed by atoms with Crippen molar-refractivity contribution in [3.05, 3.63) is 51.2 Å². The van der Waals surface area contributed by atoms with Crippen molar-refractivity contribution in [2.75, 3.05) is 7.11 Å². The molecule has 0 saturated carbocycles. The molecule has 4 heteroatoms. The molecule has 0 amide bonds. The van der Waals surface area contributed by atoms with E-state index in [0.717, 1.165) is 17.9 Å². The normalized spacial score (nSPS) is 10.2. The van der Waals surface area contributed by atoms with E-state index < -0.39 is 0 Å². The molecule has 2 aromatic rings. The van der Waals surface area contributed by atoms with Crippen molar-refractivity contribution >= 4 is 11.3 Å². The summed E-state index contributed by atoms with van der Waals surface area (Å²) >= 11 is 1.72. The van der Waals surface area contributed by atoms with Crippen LogP contribution in [0.1, 0.15) is 22.3 Å². The van der Waals surface area contributed by atoms with Gasteiger partial charge in [0, 0.05) is 18.7 Å². The van der Waals surface area contributed by atoms with E-state index in [4.69, 9.17) is 10.00 Å². The third kappa shape index (κ3) is 3.34. The second-order valence-electron chi connectivity index (χ2n) is 4.32. The standard InChI is InChI=1S/C15H16N2OS/c1-11-9-19-10-14(11)8-17-7-13-5-12(6-16)3-4-15(13)18-2/h3-5,9-10,17H,7-8H2,1-2H3. The summed E-state index contributed by atoms with van der Waals surface area (Å²) in [7, 11) is 1.65. The van der Waals surface area contributed by atoms with Gasteiger partial charge in [-0.2, -0.15) is 16.6 Å². The zero-order valence-corrected chi connectivity index (χ0v) is 11.9. The van der Waals surface area contributed by atoms with E-state index in [1.54, 1.807) is 24.5 Å². The molecule has 1 aromatic carbocycles. The number of ether oxygens (including phenoxy) is 1. The van der Waals surface area contributed by atoms with Crippen LogP contribution in [0.2, 0.25) is 0 Å². The molecule has 1 aromatic heterocycles. The van der Waals surface area contributed by atoms with E-state index in [9.17, 15) is 0 Å². The predicted octanol–water partition coefficient (Wildman–Crippen LogP) is 3.23. The van der Waals surface area contributed by atoms with Crippen molar-refractivity contribution in [2.24, 2.45) is 0 Å². The number of methoxy groups -OCH3 is 1. The highest BCUT2D eigenvalue weighted by molar-refractivity contribution is 7.08. The third-order valence-electron chi connectivity index (χ3n) is 3.00. The molecule has 1 N–H and O–H groups in total. The van der Waals surface area contributed by atoms with E-state index in [1.807, 2.05) is 12.1 Å². The molecule has 2 rings (SSSR count). The molecule has 0 spiro atoms. The average Bonchev–Trinajstić information content (AvgIpc) is 2.84. The molecule has 98 valence electrons. The molecule has 0 saturated heterocycles. The van der Waals surface area contributed by atoms with E-state index >= 15 is 0 Å². The van der Waals surface area contributed by atoms with Gasteiger partial charge in [-0.1, -0.05) is 0 Å². The number of thiophene rings is 1. The maximum Gasteiger partial charge on any atom is 0.123 e. The van der Waals surface area contributed by atoms with E-state index in [-0.39, 0.29) is 0 Å². The van der Waals surface area contributed by atoms with Crippen LogP contribution >= 0.6 is 11.3 Å². The molecule has 0 bridgehead atoms. The van der Waals surface area contributed by atoms with E-state index in [1.165, 1.54) is 11.1 Å². The number of nitrogens with one attached hydrogen (secondary N) is 1. The molecule has 3 nitrogen and oxygen atoms in total. The minimum atomic E-state index is 0.657. The first kappa shape index (κ1) is 13.6. The molecular weight excluding hydrogens is 256 g/mol. The topological polar surface area (TPSA) is 45.0 Å². The highest BCUT2D eigenvalue weighted by Gasteiger charge is 2.05. The molecule has 19 heavy (non-hydrogen) atoms. The molecule has 0 aliphatic heterocycles. The van der Waals surface area contributed by atoms with Crippen LogP contribution in [0.4, 0.5) is 0 Å². The Labute approximate surface area is 117 Å². The first-order valence-electron chi connectivity index (χ1n) is 6.04. The Morgan fingerprint density at radius 2 is 2.05 bits per heavy atom. The predicted molar refractivity (Wildman–Crippen MR) is 77.3 cm³/mol. The third-order valence-corrected chi connectivity index (χ3v) is 3.91. The van der Waals surface area contributed by atoms with E-state index in [0.29, 0.717) is 12.1 Å². The molecule has 0 radical (unpaired) electrons. The Morgan fingerprint density at radius 3 is 2.68 bits per heavy atom. The van der Waals surface area contributed by atoms with Crippen molar-refractivity contribution in [1.82, 2.24) is 5.32 Å². The number of rotatable bonds is 5. The molecule has 0 unspecified atom stereocenters. The Hall–Kier alpha value is -1.83. The lowest BCUT2D eigenvalue weighted by molar-refractivity contribution is 0.407. The number of hydrogen-bond acceptors (Lipinski definition) is 4. The van der Waals surface area contributed by atoms with Crippen LogP contribution in [0.15, 0.2) is 29.0 Å². The SMILES string of the molecule is COc1ccc(C#N)cc1CNCc1cscc1C. The first-order valence-corrected chi connectivity index (χ1v) is 6.98. The largest absolute Gasteiger partial charge is 0.496 e. The molecule has 0 aliphatic carbocycles. The fourth-order valence-electron chi connectivity index (χ4n) is 1.89. The summed E-state index contributed by atoms with van der Waals surface area (Å²) in [4.78, 5) is 0. The van der Waals surface area contributed by atoms with Gasteiger partial charge in [-0.3, -0.25) is 0 Å². The monoisotopic (exact) mass is 272 g/mol. The Balaban J connectivity index is 2.03. The van der Waals surface area contributed by atoms with Gasteiger partial charge in [0.15, 0.2) is 0 Å². The van der Waals surface area contributed by atoms with Crippen molar-refractivity contribution < 1.29 is 4.74 Å². The van der Waals surface area contributed by atoms with E-state index in [2.05, 4.69) is 29.1 Å². The average molecular weight is 272 g/mol. The highest BCUT2D eigenvalue weighted by atomic mass is 32.1. The van der Waals surface area contributed by atoms with Gasteiger partial charge in [-0.25, -0.2) is 0 Å². The molecule has 1 heterocycles. The zero-order chi connectivity index (χ0) is 13.7. The minimum absolute atomic E-state index is 0.657. The first-order chi connectivity index (χ1) is 9.24. The van der Waals surface area contributed by atoms with Gasteiger partial charge in [0.1, 0.15) is 5.75 Å². The van der Waals surface area contributed by atoms with Crippen LogP contribution in [0.5, 0.6) is 5.75 Å².